The minimum Gasteiger partial charge on any atom is -0.308 e. The van der Waals surface area contributed by atoms with Crippen molar-refractivity contribution in [1.29, 1.82) is 0 Å². The van der Waals surface area contributed by atoms with E-state index in [2.05, 4.69) is 179 Å². The maximum atomic E-state index is 5.59. The lowest BCUT2D eigenvalue weighted by atomic mass is 9.94. The average molecular weight is 773 g/mol. The Bertz CT molecular complexity index is 3930. The zero-order valence-corrected chi connectivity index (χ0v) is 32.4. The van der Waals surface area contributed by atoms with Gasteiger partial charge in [-0.25, -0.2) is 9.97 Å². The molecule has 0 saturated heterocycles. The zero-order valence-electron chi connectivity index (χ0n) is 30.8. The second kappa shape index (κ2) is 11.3. The first-order chi connectivity index (χ1) is 28.8. The van der Waals surface area contributed by atoms with Crippen molar-refractivity contribution in [2.75, 3.05) is 0 Å². The van der Waals surface area contributed by atoms with Gasteiger partial charge in [0, 0.05) is 68.5 Å². The normalized spacial score (nSPS) is 12.5. The molecule has 0 atom stereocenters. The lowest BCUT2D eigenvalue weighted by Gasteiger charge is -2.12. The van der Waals surface area contributed by atoms with Gasteiger partial charge in [0.2, 0.25) is 5.95 Å². The number of rotatable bonds is 2. The second-order valence-corrected chi connectivity index (χ2v) is 17.4. The van der Waals surface area contributed by atoms with Crippen LogP contribution in [0.3, 0.4) is 0 Å². The molecule has 0 unspecified atom stereocenters. The van der Waals surface area contributed by atoms with E-state index in [0.717, 1.165) is 37.9 Å². The van der Waals surface area contributed by atoms with Crippen LogP contribution in [0.2, 0.25) is 0 Å². The Morgan fingerprint density at radius 1 is 0.379 bits per heavy atom. The van der Waals surface area contributed by atoms with Gasteiger partial charge >= 0.3 is 0 Å². The van der Waals surface area contributed by atoms with Gasteiger partial charge in [0.25, 0.3) is 0 Å². The lowest BCUT2D eigenvalue weighted by Crippen LogP contribution is -2.02. The first-order valence-electron chi connectivity index (χ1n) is 19.6. The zero-order chi connectivity index (χ0) is 37.6. The molecule has 5 aromatic heterocycles. The summed E-state index contributed by atoms with van der Waals surface area (Å²) in [4.78, 5) is 11.1. The lowest BCUT2D eigenvalue weighted by molar-refractivity contribution is 1.02. The molecule has 0 spiro atoms. The third-order valence-corrected chi connectivity index (χ3v) is 14.6. The maximum absolute atomic E-state index is 5.59. The van der Waals surface area contributed by atoms with Gasteiger partial charge in [-0.05, 0) is 53.6 Å². The standard InChI is InChI=1S/C52H28N4S2/c1-2-13-31-30(12-1)32-14-3-7-20-41(32)55-43-27-39-33-15-4-8-21-42(33)56(44(39)28-40(43)37-19-11-18-36(31)50(37)55)52-53-48(51-49(54-52)38-17-6-10-23-46(38)58-51)29-24-25-35-34-16-5-9-22-45(34)57-47(35)26-29/h1-28H. The highest BCUT2D eigenvalue weighted by molar-refractivity contribution is 7.26. The van der Waals surface area contributed by atoms with Crippen molar-refractivity contribution < 1.29 is 0 Å². The van der Waals surface area contributed by atoms with Crippen molar-refractivity contribution in [2.45, 2.75) is 0 Å². The molecule has 0 fully saturated rings. The van der Waals surface area contributed by atoms with E-state index in [4.69, 9.17) is 9.97 Å². The summed E-state index contributed by atoms with van der Waals surface area (Å²) in [6.45, 7) is 0. The number of benzene rings is 8. The highest BCUT2D eigenvalue weighted by Crippen LogP contribution is 2.48. The van der Waals surface area contributed by atoms with Gasteiger partial charge in [-0.1, -0.05) is 127 Å². The molecule has 0 bridgehead atoms. The fourth-order valence-electron chi connectivity index (χ4n) is 9.81. The van der Waals surface area contributed by atoms with Gasteiger partial charge in [0.05, 0.1) is 43.7 Å². The monoisotopic (exact) mass is 772 g/mol. The van der Waals surface area contributed by atoms with Crippen LogP contribution in [0.5, 0.6) is 0 Å². The topological polar surface area (TPSA) is 35.6 Å². The molecule has 0 saturated carbocycles. The van der Waals surface area contributed by atoms with Crippen molar-refractivity contribution in [1.82, 2.24) is 19.1 Å². The van der Waals surface area contributed by atoms with Crippen LogP contribution >= 0.6 is 22.7 Å². The van der Waals surface area contributed by atoms with Crippen LogP contribution in [0.1, 0.15) is 0 Å². The van der Waals surface area contributed by atoms with Crippen LogP contribution in [-0.4, -0.2) is 19.1 Å². The molecule has 0 aliphatic carbocycles. The Hall–Kier alpha value is -7.12. The van der Waals surface area contributed by atoms with E-state index >= 15 is 0 Å². The maximum Gasteiger partial charge on any atom is 0.235 e. The Balaban J connectivity index is 1.10. The van der Waals surface area contributed by atoms with Crippen molar-refractivity contribution in [3.05, 3.63) is 170 Å². The predicted molar refractivity (Wildman–Crippen MR) is 246 cm³/mol. The van der Waals surface area contributed by atoms with Gasteiger partial charge in [-0.15, -0.1) is 22.7 Å². The highest BCUT2D eigenvalue weighted by atomic mass is 32.1. The Morgan fingerprint density at radius 3 is 1.86 bits per heavy atom. The molecule has 268 valence electrons. The number of para-hydroxylation sites is 3. The number of hydrogen-bond donors (Lipinski definition) is 0. The molecule has 0 radical (unpaired) electrons. The summed E-state index contributed by atoms with van der Waals surface area (Å²) in [7, 11) is 0. The summed E-state index contributed by atoms with van der Waals surface area (Å²) in [5.74, 6) is 0.679. The molecule has 58 heavy (non-hydrogen) atoms. The van der Waals surface area contributed by atoms with Crippen molar-refractivity contribution in [2.24, 2.45) is 0 Å². The SMILES string of the molecule is c1ccc2c(c1)-c1ccccc1-n1c3cc4c5ccccc5n(-c5nc(-c6ccc7c(c6)sc6ccccc67)c6sc7ccccc7c6n5)c4cc3c3cccc-2c31. The molecule has 13 aromatic rings. The minimum atomic E-state index is 0.679. The fourth-order valence-corrected chi connectivity index (χ4v) is 12.1. The smallest absolute Gasteiger partial charge is 0.235 e. The quantitative estimate of drug-likeness (QED) is 0.175. The molecule has 0 N–H and O–H groups in total. The average Bonchev–Trinajstić information content (AvgIpc) is 4.00. The van der Waals surface area contributed by atoms with Crippen LogP contribution in [-0.2, 0) is 0 Å². The van der Waals surface area contributed by atoms with Crippen LogP contribution < -0.4 is 0 Å². The number of thiophene rings is 2. The summed E-state index contributed by atoms with van der Waals surface area (Å²) in [6, 6.07) is 62.2. The van der Waals surface area contributed by atoms with Crippen molar-refractivity contribution in [3.8, 4) is 45.1 Å². The fraction of sp³-hybridized carbons (Fsp3) is 0. The molecule has 1 aliphatic rings. The number of nitrogens with zero attached hydrogens (tertiary/aromatic N) is 4. The summed E-state index contributed by atoms with van der Waals surface area (Å²) in [5, 5.41) is 8.53. The van der Waals surface area contributed by atoms with Crippen LogP contribution in [0.4, 0.5) is 0 Å². The van der Waals surface area contributed by atoms with E-state index < -0.39 is 0 Å². The summed E-state index contributed by atoms with van der Waals surface area (Å²) < 4.78 is 9.69. The summed E-state index contributed by atoms with van der Waals surface area (Å²) >= 11 is 3.62. The van der Waals surface area contributed by atoms with E-state index in [9.17, 15) is 0 Å². The minimum absolute atomic E-state index is 0.679. The van der Waals surface area contributed by atoms with Crippen LogP contribution in [0.25, 0.3) is 129 Å². The number of hydrogen-bond acceptors (Lipinski definition) is 4. The molecule has 8 aromatic carbocycles. The Labute approximate surface area is 339 Å². The van der Waals surface area contributed by atoms with Gasteiger partial charge < -0.3 is 4.57 Å². The van der Waals surface area contributed by atoms with Crippen LogP contribution in [0.15, 0.2) is 170 Å². The predicted octanol–water partition coefficient (Wildman–Crippen LogP) is 14.7. The molecule has 4 nitrogen and oxygen atoms in total. The third kappa shape index (κ3) is 4.02. The van der Waals surface area contributed by atoms with E-state index in [1.54, 1.807) is 11.3 Å². The number of fused-ring (bicyclic) bond motifs is 17. The van der Waals surface area contributed by atoms with Crippen molar-refractivity contribution >= 4 is 107 Å². The summed E-state index contributed by atoms with van der Waals surface area (Å²) in [5.41, 5.74) is 13.9. The highest BCUT2D eigenvalue weighted by Gasteiger charge is 2.26. The molecular formula is C52H28N4S2. The van der Waals surface area contributed by atoms with Crippen LogP contribution in [0, 0.1) is 0 Å². The largest absolute Gasteiger partial charge is 0.308 e. The summed E-state index contributed by atoms with van der Waals surface area (Å²) in [6.07, 6.45) is 0. The van der Waals surface area contributed by atoms with Gasteiger partial charge in [-0.2, -0.15) is 0 Å². The van der Waals surface area contributed by atoms with E-state index in [-0.39, 0.29) is 0 Å². The van der Waals surface area contributed by atoms with Gasteiger partial charge in [0.15, 0.2) is 0 Å². The molecular weight excluding hydrogens is 745 g/mol. The molecule has 6 heterocycles. The first-order valence-corrected chi connectivity index (χ1v) is 21.2. The molecule has 6 heteroatoms. The van der Waals surface area contributed by atoms with E-state index in [1.165, 1.54) is 85.4 Å². The third-order valence-electron chi connectivity index (χ3n) is 12.3. The van der Waals surface area contributed by atoms with Gasteiger partial charge in [-0.3, -0.25) is 4.57 Å². The molecule has 1 aliphatic heterocycles. The van der Waals surface area contributed by atoms with Crippen molar-refractivity contribution in [3.63, 3.8) is 0 Å². The second-order valence-electron chi connectivity index (χ2n) is 15.3. The van der Waals surface area contributed by atoms with E-state index in [0.29, 0.717) is 5.95 Å². The Morgan fingerprint density at radius 2 is 1.00 bits per heavy atom. The van der Waals surface area contributed by atoms with Gasteiger partial charge in [0.1, 0.15) is 0 Å². The number of aromatic nitrogens is 4. The Kier molecular flexibility index (Phi) is 6.02. The first kappa shape index (κ1) is 31.0. The molecule has 0 amide bonds. The van der Waals surface area contributed by atoms with E-state index in [1.807, 2.05) is 11.3 Å². The molecule has 14 rings (SSSR count).